The smallest absolute Gasteiger partial charge is 0.417 e. The number of anilines is 1. The van der Waals surface area contributed by atoms with E-state index in [1.165, 1.54) is 23.1 Å². The van der Waals surface area contributed by atoms with E-state index in [2.05, 4.69) is 0 Å². The molecule has 1 amide bonds. The van der Waals surface area contributed by atoms with Gasteiger partial charge in [-0.2, -0.15) is 13.2 Å². The molecule has 184 valence electrons. The molecule has 7 nitrogen and oxygen atoms in total. The van der Waals surface area contributed by atoms with Crippen molar-refractivity contribution in [3.63, 3.8) is 0 Å². The van der Waals surface area contributed by atoms with Crippen LogP contribution >= 0.6 is 23.2 Å². The first-order valence-electron chi connectivity index (χ1n) is 10.3. The molecule has 2 aromatic carbocycles. The molecule has 0 bridgehead atoms. The van der Waals surface area contributed by atoms with Crippen LogP contribution in [-0.4, -0.2) is 47.7 Å². The van der Waals surface area contributed by atoms with Gasteiger partial charge in [-0.1, -0.05) is 29.3 Å². The Morgan fingerprint density at radius 1 is 1.03 bits per heavy atom. The van der Waals surface area contributed by atoms with Crippen molar-refractivity contribution in [1.82, 2.24) is 4.90 Å². The van der Waals surface area contributed by atoms with Gasteiger partial charge in [0.2, 0.25) is 0 Å². The second-order valence-corrected chi connectivity index (χ2v) is 9.54. The van der Waals surface area contributed by atoms with Crippen molar-refractivity contribution >= 4 is 40.7 Å². The molecule has 0 spiro atoms. The molecule has 34 heavy (non-hydrogen) atoms. The number of carbonyl (C=O) groups excluding carboxylic acids is 1. The molecule has 0 radical (unpaired) electrons. The molecule has 1 saturated heterocycles. The average molecular weight is 520 g/mol. The summed E-state index contributed by atoms with van der Waals surface area (Å²) in [5.74, 6) is 0. The molecule has 0 atom stereocenters. The highest BCUT2D eigenvalue weighted by Crippen LogP contribution is 2.44. The summed E-state index contributed by atoms with van der Waals surface area (Å²) in [7, 11) is 0. The Morgan fingerprint density at radius 2 is 1.65 bits per heavy atom. The lowest BCUT2D eigenvalue weighted by Crippen LogP contribution is -2.50. The Hall–Kier alpha value is -2.72. The average Bonchev–Trinajstić information content (AvgIpc) is 2.73. The Labute approximate surface area is 204 Å². The molecule has 2 aromatic rings. The van der Waals surface area contributed by atoms with E-state index in [1.54, 1.807) is 25.7 Å². The SMILES string of the molecule is CC(C)(C)OC(=O)N1CCN(c2cc(-c3ccc(Cl)c(Cl)c3)c(C(F)(F)F)cc2[N+](=O)[O-])CC1. The summed E-state index contributed by atoms with van der Waals surface area (Å²) in [6, 6.07) is 5.69. The van der Waals surface area contributed by atoms with Gasteiger partial charge in [-0.15, -0.1) is 0 Å². The van der Waals surface area contributed by atoms with E-state index in [4.69, 9.17) is 27.9 Å². The highest BCUT2D eigenvalue weighted by atomic mass is 35.5. The molecule has 1 aliphatic heterocycles. The maximum absolute atomic E-state index is 13.9. The lowest BCUT2D eigenvalue weighted by molar-refractivity contribution is -0.384. The first-order chi connectivity index (χ1) is 15.7. The predicted octanol–water partition coefficient (Wildman–Crippen LogP) is 6.64. The number of hydrogen-bond acceptors (Lipinski definition) is 5. The van der Waals surface area contributed by atoms with Crippen molar-refractivity contribution < 1.29 is 27.6 Å². The Balaban J connectivity index is 2.01. The van der Waals surface area contributed by atoms with Crippen LogP contribution in [0.1, 0.15) is 26.3 Å². The number of nitro groups is 1. The highest BCUT2D eigenvalue weighted by Gasteiger charge is 2.38. The number of hydrogen-bond donors (Lipinski definition) is 0. The number of carbonyl (C=O) groups is 1. The maximum atomic E-state index is 13.9. The lowest BCUT2D eigenvalue weighted by atomic mass is 9.97. The zero-order valence-electron chi connectivity index (χ0n) is 18.6. The van der Waals surface area contributed by atoms with Gasteiger partial charge < -0.3 is 14.5 Å². The summed E-state index contributed by atoms with van der Waals surface area (Å²) in [5, 5.41) is 11.9. The van der Waals surface area contributed by atoms with Crippen LogP contribution in [0.5, 0.6) is 0 Å². The van der Waals surface area contributed by atoms with Crippen LogP contribution in [0, 0.1) is 10.1 Å². The molecule has 0 unspecified atom stereocenters. The zero-order valence-corrected chi connectivity index (χ0v) is 20.1. The molecular formula is C22H22Cl2F3N3O4. The standard InChI is InChI=1S/C22H22Cl2F3N3O4/c1-21(2,3)34-20(31)29-8-6-28(7-9-29)18-11-14(13-4-5-16(23)17(24)10-13)15(22(25,26)27)12-19(18)30(32)33/h4-5,10-12H,6-9H2,1-3H3. The number of halogens is 5. The molecule has 1 aliphatic rings. The minimum atomic E-state index is -4.85. The quantitative estimate of drug-likeness (QED) is 0.335. The summed E-state index contributed by atoms with van der Waals surface area (Å²) in [6.07, 6.45) is -5.37. The number of rotatable bonds is 3. The van der Waals surface area contributed by atoms with Crippen molar-refractivity contribution in [2.24, 2.45) is 0 Å². The molecule has 1 heterocycles. The van der Waals surface area contributed by atoms with Crippen molar-refractivity contribution in [2.45, 2.75) is 32.5 Å². The van der Waals surface area contributed by atoms with Gasteiger partial charge in [0.25, 0.3) is 5.69 Å². The summed E-state index contributed by atoms with van der Waals surface area (Å²) >= 11 is 11.9. The fraction of sp³-hybridized carbons (Fsp3) is 0.409. The number of ether oxygens (including phenoxy) is 1. The lowest BCUT2D eigenvalue weighted by Gasteiger charge is -2.36. The molecule has 0 aromatic heterocycles. The minimum absolute atomic E-state index is 0.0166. The van der Waals surface area contributed by atoms with Crippen molar-refractivity contribution in [2.75, 3.05) is 31.1 Å². The van der Waals surface area contributed by atoms with E-state index in [9.17, 15) is 28.1 Å². The number of amides is 1. The molecule has 0 aliphatic carbocycles. The van der Waals surface area contributed by atoms with Gasteiger partial charge in [0, 0.05) is 32.2 Å². The first-order valence-corrected chi connectivity index (χ1v) is 11.0. The monoisotopic (exact) mass is 519 g/mol. The van der Waals surface area contributed by atoms with Crippen LogP contribution in [-0.2, 0) is 10.9 Å². The number of alkyl halides is 3. The van der Waals surface area contributed by atoms with Gasteiger partial charge in [-0.3, -0.25) is 10.1 Å². The van der Waals surface area contributed by atoms with Crippen LogP contribution < -0.4 is 4.90 Å². The summed E-state index contributed by atoms with van der Waals surface area (Å²) in [4.78, 5) is 26.2. The molecule has 12 heteroatoms. The summed E-state index contributed by atoms with van der Waals surface area (Å²) < 4.78 is 46.9. The van der Waals surface area contributed by atoms with E-state index < -0.39 is 34.0 Å². The zero-order chi connectivity index (χ0) is 25.4. The highest BCUT2D eigenvalue weighted by molar-refractivity contribution is 6.42. The number of nitro benzene ring substituents is 1. The van der Waals surface area contributed by atoms with Crippen LogP contribution in [0.3, 0.4) is 0 Å². The second kappa shape index (κ2) is 9.50. The third-order valence-electron chi connectivity index (χ3n) is 5.12. The molecule has 0 saturated carbocycles. The van der Waals surface area contributed by atoms with E-state index in [0.29, 0.717) is 6.07 Å². The van der Waals surface area contributed by atoms with E-state index in [0.717, 1.165) is 6.07 Å². The number of benzene rings is 2. The molecular weight excluding hydrogens is 498 g/mol. The Kier molecular flexibility index (Phi) is 7.23. The number of piperazine rings is 1. The third kappa shape index (κ3) is 5.85. The van der Waals surface area contributed by atoms with Gasteiger partial charge in [0.05, 0.1) is 20.5 Å². The van der Waals surface area contributed by atoms with E-state index >= 15 is 0 Å². The maximum Gasteiger partial charge on any atom is 0.417 e. The van der Waals surface area contributed by atoms with Gasteiger partial charge >= 0.3 is 12.3 Å². The number of nitrogens with zero attached hydrogens (tertiary/aromatic N) is 3. The van der Waals surface area contributed by atoms with Gasteiger partial charge in [0.15, 0.2) is 0 Å². The Bertz CT molecular complexity index is 1110. The molecule has 1 fully saturated rings. The predicted molar refractivity (Wildman–Crippen MR) is 124 cm³/mol. The minimum Gasteiger partial charge on any atom is -0.444 e. The second-order valence-electron chi connectivity index (χ2n) is 8.72. The van der Waals surface area contributed by atoms with Gasteiger partial charge in [-0.25, -0.2) is 4.79 Å². The van der Waals surface area contributed by atoms with Crippen molar-refractivity contribution in [3.05, 3.63) is 56.1 Å². The molecule has 3 rings (SSSR count). The van der Waals surface area contributed by atoms with Gasteiger partial charge in [0.1, 0.15) is 11.3 Å². The fourth-order valence-corrected chi connectivity index (χ4v) is 3.87. The topological polar surface area (TPSA) is 75.9 Å². The first kappa shape index (κ1) is 25.9. The van der Waals surface area contributed by atoms with Crippen molar-refractivity contribution in [3.8, 4) is 11.1 Å². The largest absolute Gasteiger partial charge is 0.444 e. The Morgan fingerprint density at radius 3 is 2.15 bits per heavy atom. The van der Waals surface area contributed by atoms with Crippen LogP contribution in [0.4, 0.5) is 29.3 Å². The van der Waals surface area contributed by atoms with Crippen LogP contribution in [0.2, 0.25) is 10.0 Å². The molecule has 0 N–H and O–H groups in total. The third-order valence-corrected chi connectivity index (χ3v) is 5.86. The summed E-state index contributed by atoms with van der Waals surface area (Å²) in [5.41, 5.74) is -2.65. The van der Waals surface area contributed by atoms with Crippen LogP contribution in [0.25, 0.3) is 11.1 Å². The van der Waals surface area contributed by atoms with Crippen molar-refractivity contribution in [1.29, 1.82) is 0 Å². The fourth-order valence-electron chi connectivity index (χ4n) is 3.57. The summed E-state index contributed by atoms with van der Waals surface area (Å²) in [6.45, 7) is 5.93. The van der Waals surface area contributed by atoms with E-state index in [1.807, 2.05) is 0 Å². The van der Waals surface area contributed by atoms with E-state index in [-0.39, 0.29) is 53.0 Å². The normalized spacial score (nSPS) is 14.8. The van der Waals surface area contributed by atoms with Crippen LogP contribution in [0.15, 0.2) is 30.3 Å². The van der Waals surface area contributed by atoms with Gasteiger partial charge in [-0.05, 0) is 50.1 Å².